The summed E-state index contributed by atoms with van der Waals surface area (Å²) in [6.45, 7) is 2.18. The molecule has 3 rings (SSSR count). The number of carbonyl (C=O) groups is 1. The van der Waals surface area contributed by atoms with Crippen LogP contribution in [0.15, 0.2) is 44.2 Å². The standard InChI is InChI=1S/C14H13N3O3S2/c1-2-21-12-10(11(18)15-8-9-4-3-6-20-9)13(19)17-5-7-22-14(17)16-12/h3-7H,2,8H2,1H3,(H,15,18). The molecule has 3 heterocycles. The molecule has 114 valence electrons. The summed E-state index contributed by atoms with van der Waals surface area (Å²) in [6, 6.07) is 3.50. The van der Waals surface area contributed by atoms with E-state index in [9.17, 15) is 9.59 Å². The maximum atomic E-state index is 12.5. The van der Waals surface area contributed by atoms with E-state index >= 15 is 0 Å². The topological polar surface area (TPSA) is 76.6 Å². The van der Waals surface area contributed by atoms with Crippen LogP contribution in [0.25, 0.3) is 4.96 Å². The zero-order valence-corrected chi connectivity index (χ0v) is 13.4. The van der Waals surface area contributed by atoms with Gasteiger partial charge in [0.1, 0.15) is 16.3 Å². The van der Waals surface area contributed by atoms with Crippen molar-refractivity contribution >= 4 is 34.0 Å². The minimum absolute atomic E-state index is 0.0781. The number of aromatic nitrogens is 2. The maximum Gasteiger partial charge on any atom is 0.272 e. The van der Waals surface area contributed by atoms with Crippen LogP contribution in [0.1, 0.15) is 23.0 Å². The Labute approximate surface area is 134 Å². The molecular weight excluding hydrogens is 322 g/mol. The highest BCUT2D eigenvalue weighted by atomic mass is 32.2. The Morgan fingerprint density at radius 3 is 3.14 bits per heavy atom. The third-order valence-electron chi connectivity index (χ3n) is 2.94. The van der Waals surface area contributed by atoms with E-state index < -0.39 is 5.91 Å². The van der Waals surface area contributed by atoms with E-state index in [-0.39, 0.29) is 17.7 Å². The minimum Gasteiger partial charge on any atom is -0.467 e. The van der Waals surface area contributed by atoms with Crippen molar-refractivity contribution in [2.75, 3.05) is 5.75 Å². The first-order valence-electron chi connectivity index (χ1n) is 6.64. The summed E-state index contributed by atoms with van der Waals surface area (Å²) in [7, 11) is 0. The van der Waals surface area contributed by atoms with Gasteiger partial charge in [-0.2, -0.15) is 0 Å². The highest BCUT2D eigenvalue weighted by molar-refractivity contribution is 7.99. The molecule has 6 nitrogen and oxygen atoms in total. The van der Waals surface area contributed by atoms with Crippen molar-refractivity contribution in [1.29, 1.82) is 0 Å². The molecule has 0 aliphatic heterocycles. The first-order chi connectivity index (χ1) is 10.7. The highest BCUT2D eigenvalue weighted by Gasteiger charge is 2.20. The summed E-state index contributed by atoms with van der Waals surface area (Å²) in [5.41, 5.74) is -0.270. The molecule has 0 aliphatic rings. The molecule has 0 radical (unpaired) electrons. The van der Waals surface area contributed by atoms with Gasteiger partial charge in [0.15, 0.2) is 4.96 Å². The van der Waals surface area contributed by atoms with E-state index in [1.165, 1.54) is 33.8 Å². The second-order valence-electron chi connectivity index (χ2n) is 4.35. The van der Waals surface area contributed by atoms with E-state index in [0.29, 0.717) is 15.7 Å². The summed E-state index contributed by atoms with van der Waals surface area (Å²) >= 11 is 2.75. The smallest absolute Gasteiger partial charge is 0.272 e. The Hall–Kier alpha value is -2.06. The van der Waals surface area contributed by atoms with Crippen LogP contribution in [0.5, 0.6) is 0 Å². The molecule has 1 N–H and O–H groups in total. The average molecular weight is 335 g/mol. The van der Waals surface area contributed by atoms with E-state index in [2.05, 4.69) is 10.3 Å². The quantitative estimate of drug-likeness (QED) is 0.572. The second kappa shape index (κ2) is 6.37. The predicted octanol–water partition coefficient (Wildman–Crippen LogP) is 2.39. The fourth-order valence-corrected chi connectivity index (χ4v) is 3.48. The van der Waals surface area contributed by atoms with Gasteiger partial charge >= 0.3 is 0 Å². The van der Waals surface area contributed by atoms with Crippen molar-refractivity contribution in [3.63, 3.8) is 0 Å². The van der Waals surface area contributed by atoms with E-state index in [1.807, 2.05) is 6.92 Å². The number of nitrogens with one attached hydrogen (secondary N) is 1. The van der Waals surface area contributed by atoms with E-state index in [4.69, 9.17) is 4.42 Å². The zero-order chi connectivity index (χ0) is 15.5. The number of hydrogen-bond donors (Lipinski definition) is 1. The zero-order valence-electron chi connectivity index (χ0n) is 11.7. The molecule has 0 unspecified atom stereocenters. The van der Waals surface area contributed by atoms with Gasteiger partial charge in [0.25, 0.3) is 11.5 Å². The molecule has 0 atom stereocenters. The number of carbonyl (C=O) groups excluding carboxylic acids is 1. The Morgan fingerprint density at radius 2 is 2.41 bits per heavy atom. The van der Waals surface area contributed by atoms with Gasteiger partial charge in [-0.3, -0.25) is 14.0 Å². The van der Waals surface area contributed by atoms with Crippen LogP contribution in [-0.4, -0.2) is 21.0 Å². The molecule has 1 amide bonds. The van der Waals surface area contributed by atoms with Crippen LogP contribution >= 0.6 is 23.1 Å². The molecule has 0 fully saturated rings. The monoisotopic (exact) mass is 335 g/mol. The first kappa shape index (κ1) is 14.9. The van der Waals surface area contributed by atoms with Crippen molar-refractivity contribution in [3.8, 4) is 0 Å². The summed E-state index contributed by atoms with van der Waals surface area (Å²) in [6.07, 6.45) is 3.16. The van der Waals surface area contributed by atoms with Crippen LogP contribution < -0.4 is 10.9 Å². The lowest BCUT2D eigenvalue weighted by Gasteiger charge is -2.08. The Bertz CT molecular complexity index is 852. The molecule has 3 aromatic rings. The van der Waals surface area contributed by atoms with Gasteiger partial charge in [-0.25, -0.2) is 4.98 Å². The summed E-state index contributed by atoms with van der Waals surface area (Å²) in [5, 5.41) is 4.94. The fourth-order valence-electron chi connectivity index (χ4n) is 1.97. The minimum atomic E-state index is -0.439. The SMILES string of the molecule is CCSc1nc2sccn2c(=O)c1C(=O)NCc1ccco1. The molecule has 0 saturated heterocycles. The van der Waals surface area contributed by atoms with E-state index in [0.717, 1.165) is 5.75 Å². The largest absolute Gasteiger partial charge is 0.467 e. The second-order valence-corrected chi connectivity index (χ2v) is 6.47. The van der Waals surface area contributed by atoms with Crippen molar-refractivity contribution in [2.24, 2.45) is 0 Å². The normalized spacial score (nSPS) is 11.0. The third-order valence-corrected chi connectivity index (χ3v) is 4.56. The van der Waals surface area contributed by atoms with Gasteiger partial charge < -0.3 is 9.73 Å². The predicted molar refractivity (Wildman–Crippen MR) is 85.6 cm³/mol. The Balaban J connectivity index is 1.96. The molecule has 0 bridgehead atoms. The van der Waals surface area contributed by atoms with Crippen molar-refractivity contribution < 1.29 is 9.21 Å². The number of amides is 1. The number of nitrogens with zero attached hydrogens (tertiary/aromatic N) is 2. The average Bonchev–Trinajstić information content (AvgIpc) is 3.16. The number of hydrogen-bond acceptors (Lipinski definition) is 6. The van der Waals surface area contributed by atoms with Gasteiger partial charge in [0.05, 0.1) is 12.8 Å². The third kappa shape index (κ3) is 2.79. The Morgan fingerprint density at radius 1 is 1.55 bits per heavy atom. The number of rotatable bonds is 5. The molecule has 0 aromatic carbocycles. The van der Waals surface area contributed by atoms with Crippen molar-refractivity contribution in [2.45, 2.75) is 18.5 Å². The van der Waals surface area contributed by atoms with Crippen molar-refractivity contribution in [1.82, 2.24) is 14.7 Å². The highest BCUT2D eigenvalue weighted by Crippen LogP contribution is 2.20. The van der Waals surface area contributed by atoms with Gasteiger partial charge in [-0.15, -0.1) is 23.1 Å². The van der Waals surface area contributed by atoms with Crippen LogP contribution in [-0.2, 0) is 6.54 Å². The number of furan rings is 1. The van der Waals surface area contributed by atoms with Crippen LogP contribution in [0, 0.1) is 0 Å². The fraction of sp³-hybridized carbons (Fsp3) is 0.214. The van der Waals surface area contributed by atoms with Gasteiger partial charge in [0, 0.05) is 11.6 Å². The van der Waals surface area contributed by atoms with Gasteiger partial charge in [-0.05, 0) is 17.9 Å². The first-order valence-corrected chi connectivity index (χ1v) is 8.50. The molecule has 0 aliphatic carbocycles. The van der Waals surface area contributed by atoms with Crippen LogP contribution in [0.2, 0.25) is 0 Å². The summed E-state index contributed by atoms with van der Waals surface area (Å²) in [5.74, 6) is 0.917. The summed E-state index contributed by atoms with van der Waals surface area (Å²) in [4.78, 5) is 29.9. The summed E-state index contributed by atoms with van der Waals surface area (Å²) < 4.78 is 6.56. The lowest BCUT2D eigenvalue weighted by molar-refractivity contribution is 0.0942. The number of thiazole rings is 1. The Kier molecular flexibility index (Phi) is 4.30. The maximum absolute atomic E-state index is 12.5. The van der Waals surface area contributed by atoms with E-state index in [1.54, 1.807) is 23.7 Å². The molecule has 3 aromatic heterocycles. The lowest BCUT2D eigenvalue weighted by atomic mass is 10.3. The lowest BCUT2D eigenvalue weighted by Crippen LogP contribution is -2.32. The van der Waals surface area contributed by atoms with Gasteiger partial charge in [-0.1, -0.05) is 6.92 Å². The van der Waals surface area contributed by atoms with Crippen LogP contribution in [0.3, 0.4) is 0 Å². The van der Waals surface area contributed by atoms with Crippen LogP contribution in [0.4, 0.5) is 0 Å². The molecule has 0 spiro atoms. The molecular formula is C14H13N3O3S2. The van der Waals surface area contributed by atoms with Gasteiger partial charge in [0.2, 0.25) is 0 Å². The number of thioether (sulfide) groups is 1. The molecule has 8 heteroatoms. The number of fused-ring (bicyclic) bond motifs is 1. The van der Waals surface area contributed by atoms with Crippen molar-refractivity contribution in [3.05, 3.63) is 51.7 Å². The molecule has 22 heavy (non-hydrogen) atoms. The molecule has 0 saturated carbocycles.